The average molecular weight is 458 g/mol. The lowest BCUT2D eigenvalue weighted by molar-refractivity contribution is 0.562. The van der Waals surface area contributed by atoms with Gasteiger partial charge in [-0.05, 0) is 54.3 Å². The lowest BCUT2D eigenvalue weighted by Gasteiger charge is -2.16. The first-order valence-electron chi connectivity index (χ1n) is 8.05. The molecule has 0 aliphatic rings. The Hall–Kier alpha value is -1.15. The molecule has 0 radical (unpaired) electrons. The van der Waals surface area contributed by atoms with Gasteiger partial charge in [-0.15, -0.1) is 35.3 Å². The second kappa shape index (κ2) is 11.4. The summed E-state index contributed by atoms with van der Waals surface area (Å²) in [5.41, 5.74) is 2.57. The maximum Gasteiger partial charge on any atom is 0.190 e. The van der Waals surface area contributed by atoms with Gasteiger partial charge in [0.05, 0.1) is 0 Å². The van der Waals surface area contributed by atoms with E-state index < -0.39 is 0 Å². The van der Waals surface area contributed by atoms with Gasteiger partial charge in [0, 0.05) is 37.4 Å². The molecule has 0 spiro atoms. The van der Waals surface area contributed by atoms with Crippen molar-refractivity contribution in [1.82, 2.24) is 15.6 Å². The molecule has 0 amide bonds. The van der Waals surface area contributed by atoms with Crippen molar-refractivity contribution in [2.24, 2.45) is 10.9 Å². The van der Waals surface area contributed by atoms with Crippen LogP contribution in [-0.4, -0.2) is 31.1 Å². The summed E-state index contributed by atoms with van der Waals surface area (Å²) in [6.45, 7) is 6.15. The Kier molecular flexibility index (Phi) is 9.94. The minimum Gasteiger partial charge on any atom is -0.356 e. The number of rotatable bonds is 7. The van der Waals surface area contributed by atoms with Gasteiger partial charge in [-0.3, -0.25) is 9.98 Å². The highest BCUT2D eigenvalue weighted by Gasteiger charge is 2.06. The Morgan fingerprint density at radius 1 is 1.33 bits per heavy atom. The number of aryl methyl sites for hydroxylation is 1. The Balaban J connectivity index is 0.00000288. The highest BCUT2D eigenvalue weighted by molar-refractivity contribution is 14.0. The summed E-state index contributed by atoms with van der Waals surface area (Å²) in [6.07, 6.45) is 5.84. The van der Waals surface area contributed by atoms with Crippen molar-refractivity contribution in [2.75, 3.05) is 20.1 Å². The molecule has 1 atom stereocenters. The lowest BCUT2D eigenvalue weighted by atomic mass is 10.1. The van der Waals surface area contributed by atoms with Crippen LogP contribution in [0.5, 0.6) is 0 Å². The molecule has 0 aliphatic heterocycles. The zero-order chi connectivity index (χ0) is 16.5. The number of thiophene rings is 1. The van der Waals surface area contributed by atoms with Gasteiger partial charge in [-0.1, -0.05) is 13.0 Å². The first kappa shape index (κ1) is 20.9. The average Bonchev–Trinajstić information content (AvgIpc) is 3.05. The van der Waals surface area contributed by atoms with Crippen molar-refractivity contribution < 1.29 is 0 Å². The maximum atomic E-state index is 4.30. The third-order valence-electron chi connectivity index (χ3n) is 3.79. The summed E-state index contributed by atoms with van der Waals surface area (Å²) >= 11 is 1.83. The largest absolute Gasteiger partial charge is 0.356 e. The molecule has 24 heavy (non-hydrogen) atoms. The predicted octanol–water partition coefficient (Wildman–Crippen LogP) is 3.66. The summed E-state index contributed by atoms with van der Waals surface area (Å²) < 4.78 is 0. The number of aliphatic imine (C=N–C) groups is 1. The highest BCUT2D eigenvalue weighted by Crippen LogP contribution is 2.13. The van der Waals surface area contributed by atoms with E-state index in [0.29, 0.717) is 5.92 Å². The van der Waals surface area contributed by atoms with Crippen molar-refractivity contribution in [3.05, 3.63) is 52.0 Å². The maximum absolute atomic E-state index is 4.30. The van der Waals surface area contributed by atoms with E-state index >= 15 is 0 Å². The lowest BCUT2D eigenvalue weighted by Crippen LogP contribution is -2.40. The van der Waals surface area contributed by atoms with Gasteiger partial charge in [0.25, 0.3) is 0 Å². The molecule has 132 valence electrons. The second-order valence-corrected chi connectivity index (χ2v) is 6.85. The van der Waals surface area contributed by atoms with Crippen molar-refractivity contribution in [2.45, 2.75) is 26.7 Å². The quantitative estimate of drug-likeness (QED) is 0.378. The molecule has 2 rings (SSSR count). The zero-order valence-electron chi connectivity index (χ0n) is 14.6. The van der Waals surface area contributed by atoms with Gasteiger partial charge < -0.3 is 10.6 Å². The van der Waals surface area contributed by atoms with Gasteiger partial charge in [0.1, 0.15) is 0 Å². The van der Waals surface area contributed by atoms with E-state index in [9.17, 15) is 0 Å². The molecule has 0 saturated heterocycles. The van der Waals surface area contributed by atoms with Crippen molar-refractivity contribution in [3.8, 4) is 0 Å². The van der Waals surface area contributed by atoms with Gasteiger partial charge in [-0.2, -0.15) is 0 Å². The predicted molar refractivity (Wildman–Crippen MR) is 115 cm³/mol. The van der Waals surface area contributed by atoms with E-state index in [1.807, 2.05) is 30.8 Å². The summed E-state index contributed by atoms with van der Waals surface area (Å²) in [5, 5.41) is 8.93. The number of pyridine rings is 1. The number of nitrogens with one attached hydrogen (secondary N) is 2. The molecule has 4 nitrogen and oxygen atoms in total. The van der Waals surface area contributed by atoms with E-state index in [1.165, 1.54) is 16.0 Å². The topological polar surface area (TPSA) is 49.3 Å². The minimum absolute atomic E-state index is 0. The summed E-state index contributed by atoms with van der Waals surface area (Å²) in [7, 11) is 1.82. The van der Waals surface area contributed by atoms with Crippen LogP contribution in [0.3, 0.4) is 0 Å². The molecule has 1 unspecified atom stereocenters. The van der Waals surface area contributed by atoms with Crippen LogP contribution in [0, 0.1) is 12.8 Å². The third-order valence-corrected chi connectivity index (χ3v) is 4.69. The van der Waals surface area contributed by atoms with Crippen molar-refractivity contribution in [1.29, 1.82) is 0 Å². The number of guanidine groups is 1. The molecule has 2 aromatic rings. The fourth-order valence-electron chi connectivity index (χ4n) is 2.43. The molecule has 0 saturated carbocycles. The number of nitrogens with zero attached hydrogens (tertiary/aromatic N) is 2. The van der Waals surface area contributed by atoms with Crippen LogP contribution in [0.2, 0.25) is 0 Å². The third kappa shape index (κ3) is 7.17. The van der Waals surface area contributed by atoms with E-state index in [2.05, 4.69) is 58.0 Å². The molecule has 6 heteroatoms. The Morgan fingerprint density at radius 3 is 2.83 bits per heavy atom. The van der Waals surface area contributed by atoms with Crippen LogP contribution in [-0.2, 0) is 12.8 Å². The van der Waals surface area contributed by atoms with Crippen LogP contribution in [0.15, 0.2) is 41.0 Å². The van der Waals surface area contributed by atoms with Crippen LogP contribution in [0.25, 0.3) is 0 Å². The molecule has 2 N–H and O–H groups in total. The fourth-order valence-corrected chi connectivity index (χ4v) is 3.30. The number of hydrogen-bond donors (Lipinski definition) is 2. The van der Waals surface area contributed by atoms with Crippen LogP contribution in [0.1, 0.15) is 22.9 Å². The summed E-state index contributed by atoms with van der Waals surface area (Å²) in [6, 6.07) is 6.39. The number of halogens is 1. The van der Waals surface area contributed by atoms with Gasteiger partial charge in [0.15, 0.2) is 5.96 Å². The SMILES string of the molecule is CN=C(NCCc1ccncc1C)NCC(C)Cc1cccs1.I. The van der Waals surface area contributed by atoms with Crippen molar-refractivity contribution >= 4 is 41.3 Å². The molecular formula is C18H27IN4S. The second-order valence-electron chi connectivity index (χ2n) is 5.82. The molecule has 0 aliphatic carbocycles. The molecular weight excluding hydrogens is 431 g/mol. The van der Waals surface area contributed by atoms with Gasteiger partial charge in [-0.25, -0.2) is 0 Å². The Bertz CT molecular complexity index is 613. The van der Waals surface area contributed by atoms with E-state index in [0.717, 1.165) is 31.9 Å². The minimum atomic E-state index is 0. The Morgan fingerprint density at radius 2 is 2.17 bits per heavy atom. The smallest absolute Gasteiger partial charge is 0.190 e. The summed E-state index contributed by atoms with van der Waals surface area (Å²) in [5.74, 6) is 1.45. The van der Waals surface area contributed by atoms with E-state index in [-0.39, 0.29) is 24.0 Å². The van der Waals surface area contributed by atoms with E-state index in [1.54, 1.807) is 0 Å². The zero-order valence-corrected chi connectivity index (χ0v) is 17.7. The first-order valence-corrected chi connectivity index (χ1v) is 8.93. The highest BCUT2D eigenvalue weighted by atomic mass is 127. The number of aromatic nitrogens is 1. The molecule has 0 bridgehead atoms. The first-order chi connectivity index (χ1) is 11.2. The fraction of sp³-hybridized carbons (Fsp3) is 0.444. The van der Waals surface area contributed by atoms with Crippen molar-refractivity contribution in [3.63, 3.8) is 0 Å². The molecule has 2 heterocycles. The Labute approximate surface area is 166 Å². The van der Waals surface area contributed by atoms with Gasteiger partial charge in [0.2, 0.25) is 0 Å². The number of hydrogen-bond acceptors (Lipinski definition) is 3. The summed E-state index contributed by atoms with van der Waals surface area (Å²) in [4.78, 5) is 9.86. The van der Waals surface area contributed by atoms with E-state index in [4.69, 9.17) is 0 Å². The molecule has 0 fully saturated rings. The van der Waals surface area contributed by atoms with Crippen LogP contribution < -0.4 is 10.6 Å². The normalized spacial score (nSPS) is 12.4. The molecule has 0 aromatic carbocycles. The molecule has 2 aromatic heterocycles. The monoisotopic (exact) mass is 458 g/mol. The standard InChI is InChI=1S/C18H26N4S.HI/c1-14(11-17-5-4-10-23-17)12-22-18(19-3)21-9-7-16-6-8-20-13-15(16)2;/h4-6,8,10,13-14H,7,9,11-12H2,1-3H3,(H2,19,21,22);1H. The van der Waals surface area contributed by atoms with Crippen LogP contribution >= 0.6 is 35.3 Å². The van der Waals surface area contributed by atoms with Crippen LogP contribution in [0.4, 0.5) is 0 Å². The van der Waals surface area contributed by atoms with Gasteiger partial charge >= 0.3 is 0 Å².